The quantitative estimate of drug-likeness (QED) is 0.386. The lowest BCUT2D eigenvalue weighted by Crippen LogP contribution is -2.31. The Morgan fingerprint density at radius 2 is 2.11 bits per heavy atom. The summed E-state index contributed by atoms with van der Waals surface area (Å²) in [6.07, 6.45) is 8.59. The predicted octanol–water partition coefficient (Wildman–Crippen LogP) is 3.09. The molecule has 2 fully saturated rings. The van der Waals surface area contributed by atoms with Gasteiger partial charge >= 0.3 is 10.0 Å². The van der Waals surface area contributed by atoms with Crippen LogP contribution in [0.1, 0.15) is 59.3 Å². The van der Waals surface area contributed by atoms with E-state index in [1.54, 1.807) is 0 Å². The van der Waals surface area contributed by atoms with Crippen LogP contribution < -0.4 is 0 Å². The van der Waals surface area contributed by atoms with Crippen molar-refractivity contribution in [3.05, 3.63) is 0 Å². The summed E-state index contributed by atoms with van der Waals surface area (Å²) in [7, 11) is 0.188. The Morgan fingerprint density at radius 1 is 1.28 bits per heavy atom. The molecule has 1 heterocycles. The number of hydrogen-bond acceptors (Lipinski definition) is 3. The van der Waals surface area contributed by atoms with Gasteiger partial charge in [-0.2, -0.15) is 0 Å². The molecule has 4 atom stereocenters. The van der Waals surface area contributed by atoms with Gasteiger partial charge in [-0.1, -0.05) is 6.92 Å². The summed E-state index contributed by atoms with van der Waals surface area (Å²) in [5.41, 5.74) is -0.00509. The minimum absolute atomic E-state index is 0.00509. The molecule has 104 valence electrons. The topological polar surface area (TPSA) is 31.0 Å². The normalized spacial score (nSPS) is 33.8. The van der Waals surface area contributed by atoms with E-state index < -0.39 is 0 Å². The molecule has 1 saturated heterocycles. The number of rotatable bonds is 8. The van der Waals surface area contributed by atoms with Crippen molar-refractivity contribution in [1.29, 1.82) is 0 Å². The highest BCUT2D eigenvalue weighted by Crippen LogP contribution is 2.41. The molecule has 0 spiro atoms. The van der Waals surface area contributed by atoms with Crippen LogP contribution in [0.4, 0.5) is 0 Å². The van der Waals surface area contributed by atoms with E-state index in [0.717, 1.165) is 25.4 Å². The molecule has 1 aliphatic carbocycles. The maximum atomic E-state index is 5.92. The molecule has 0 aromatic heterocycles. The van der Waals surface area contributed by atoms with E-state index in [4.69, 9.17) is 13.6 Å². The van der Waals surface area contributed by atoms with E-state index in [2.05, 4.69) is 13.8 Å². The second-order valence-electron chi connectivity index (χ2n) is 5.85. The molecule has 2 radical (unpaired) electrons. The molecule has 0 amide bonds. The van der Waals surface area contributed by atoms with Crippen molar-refractivity contribution >= 4 is 10.0 Å². The van der Waals surface area contributed by atoms with Gasteiger partial charge in [0.15, 0.2) is 0 Å². The molecule has 0 aromatic carbocycles. The lowest BCUT2D eigenvalue weighted by atomic mass is 9.83. The van der Waals surface area contributed by atoms with Crippen LogP contribution in [0.15, 0.2) is 0 Å². The van der Waals surface area contributed by atoms with Crippen LogP contribution >= 0.6 is 0 Å². The van der Waals surface area contributed by atoms with Gasteiger partial charge in [-0.3, -0.25) is 0 Å². The van der Waals surface area contributed by atoms with E-state index in [0.29, 0.717) is 12.2 Å². The second kappa shape index (κ2) is 6.50. The Kier molecular flexibility index (Phi) is 5.24. The summed E-state index contributed by atoms with van der Waals surface area (Å²) in [5, 5.41) is 0. The zero-order valence-electron chi connectivity index (χ0n) is 11.9. The summed E-state index contributed by atoms with van der Waals surface area (Å²) < 4.78 is 16.8. The first-order valence-electron chi connectivity index (χ1n) is 7.37. The molecule has 0 bridgehead atoms. The highest BCUT2D eigenvalue weighted by Gasteiger charge is 2.43. The van der Waals surface area contributed by atoms with Gasteiger partial charge in [0.05, 0.1) is 17.8 Å². The SMILES string of the molecule is CCO[Si]OC(C)(CC)CCC1CCC2OC2C1. The zero-order valence-corrected chi connectivity index (χ0v) is 12.9. The molecule has 0 N–H and O–H groups in total. The first-order valence-corrected chi connectivity index (χ1v) is 8.18. The highest BCUT2D eigenvalue weighted by molar-refractivity contribution is 6.18. The number of ether oxygens (including phenoxy) is 1. The van der Waals surface area contributed by atoms with Gasteiger partial charge in [0.25, 0.3) is 0 Å². The molecule has 1 saturated carbocycles. The average Bonchev–Trinajstić information content (AvgIpc) is 3.15. The first kappa shape index (κ1) is 14.5. The highest BCUT2D eigenvalue weighted by atomic mass is 28.3. The van der Waals surface area contributed by atoms with Gasteiger partial charge in [-0.25, -0.2) is 0 Å². The van der Waals surface area contributed by atoms with Gasteiger partial charge in [-0.15, -0.1) is 0 Å². The Balaban J connectivity index is 1.68. The van der Waals surface area contributed by atoms with E-state index in [1.807, 2.05) is 6.92 Å². The maximum absolute atomic E-state index is 5.92. The van der Waals surface area contributed by atoms with Crippen LogP contribution in [0.3, 0.4) is 0 Å². The van der Waals surface area contributed by atoms with Crippen LogP contribution in [-0.2, 0) is 13.6 Å². The van der Waals surface area contributed by atoms with Crippen molar-refractivity contribution in [2.75, 3.05) is 6.61 Å². The fourth-order valence-electron chi connectivity index (χ4n) is 2.75. The lowest BCUT2D eigenvalue weighted by molar-refractivity contribution is 0.0457. The molecule has 2 aliphatic rings. The minimum atomic E-state index is -0.00509. The van der Waals surface area contributed by atoms with E-state index in [9.17, 15) is 0 Å². The third-order valence-corrected chi connectivity index (χ3v) is 5.42. The molecular weight excluding hydrogens is 244 g/mol. The summed E-state index contributed by atoms with van der Waals surface area (Å²) in [5.74, 6) is 0.846. The van der Waals surface area contributed by atoms with Crippen molar-refractivity contribution in [1.82, 2.24) is 0 Å². The zero-order chi connectivity index (χ0) is 13.0. The molecule has 4 heteroatoms. The number of hydrogen-bond donors (Lipinski definition) is 0. The standard InChI is InChI=1S/C14H26O3Si/c1-4-14(3,17-18-15-5-2)9-8-11-6-7-12-13(10-11)16-12/h11-13H,4-10H2,1-3H3. The minimum Gasteiger partial charge on any atom is -0.393 e. The largest absolute Gasteiger partial charge is 0.433 e. The van der Waals surface area contributed by atoms with E-state index in [-0.39, 0.29) is 15.6 Å². The van der Waals surface area contributed by atoms with E-state index >= 15 is 0 Å². The van der Waals surface area contributed by atoms with Crippen molar-refractivity contribution in [3.8, 4) is 0 Å². The van der Waals surface area contributed by atoms with Crippen LogP contribution in [-0.4, -0.2) is 34.4 Å². The predicted molar refractivity (Wildman–Crippen MR) is 72.4 cm³/mol. The fourth-order valence-corrected chi connectivity index (χ4v) is 3.37. The number of fused-ring (bicyclic) bond motifs is 1. The van der Waals surface area contributed by atoms with Gasteiger partial charge in [0, 0.05) is 6.61 Å². The molecule has 2 rings (SSSR count). The molecule has 18 heavy (non-hydrogen) atoms. The summed E-state index contributed by atoms with van der Waals surface area (Å²) in [6, 6.07) is 0. The molecule has 3 nitrogen and oxygen atoms in total. The van der Waals surface area contributed by atoms with Crippen molar-refractivity contribution < 1.29 is 13.6 Å². The second-order valence-corrected chi connectivity index (χ2v) is 6.51. The third-order valence-electron chi connectivity index (χ3n) is 4.43. The van der Waals surface area contributed by atoms with Gasteiger partial charge < -0.3 is 13.6 Å². The van der Waals surface area contributed by atoms with Gasteiger partial charge in [-0.05, 0) is 58.3 Å². The first-order chi connectivity index (χ1) is 8.67. The molecule has 1 aliphatic heterocycles. The molecular formula is C14H26O3Si. The average molecular weight is 270 g/mol. The summed E-state index contributed by atoms with van der Waals surface area (Å²) in [6.45, 7) is 7.17. The lowest BCUT2D eigenvalue weighted by Gasteiger charge is -2.30. The Labute approximate surface area is 114 Å². The van der Waals surface area contributed by atoms with E-state index in [1.165, 1.54) is 25.7 Å². The summed E-state index contributed by atoms with van der Waals surface area (Å²) >= 11 is 0. The van der Waals surface area contributed by atoms with Gasteiger partial charge in [0.1, 0.15) is 0 Å². The fraction of sp³-hybridized carbons (Fsp3) is 1.00. The third kappa shape index (κ3) is 4.05. The Morgan fingerprint density at radius 3 is 2.78 bits per heavy atom. The van der Waals surface area contributed by atoms with Gasteiger partial charge in [0.2, 0.25) is 0 Å². The van der Waals surface area contributed by atoms with Crippen LogP contribution in [0.5, 0.6) is 0 Å². The van der Waals surface area contributed by atoms with Crippen LogP contribution in [0, 0.1) is 5.92 Å². The number of epoxide rings is 1. The van der Waals surface area contributed by atoms with Crippen molar-refractivity contribution in [2.45, 2.75) is 77.1 Å². The summed E-state index contributed by atoms with van der Waals surface area (Å²) in [4.78, 5) is 0. The monoisotopic (exact) mass is 270 g/mol. The van der Waals surface area contributed by atoms with Crippen molar-refractivity contribution in [2.24, 2.45) is 5.92 Å². The smallest absolute Gasteiger partial charge is 0.393 e. The van der Waals surface area contributed by atoms with Crippen LogP contribution in [0.2, 0.25) is 0 Å². The Hall–Kier alpha value is 0.0969. The maximum Gasteiger partial charge on any atom is 0.433 e. The Bertz CT molecular complexity index is 261. The molecule has 4 unspecified atom stereocenters. The van der Waals surface area contributed by atoms with Crippen molar-refractivity contribution in [3.63, 3.8) is 0 Å². The molecule has 0 aromatic rings. The van der Waals surface area contributed by atoms with Crippen LogP contribution in [0.25, 0.3) is 0 Å².